The molecule has 0 spiro atoms. The zero-order valence-electron chi connectivity index (χ0n) is 9.65. The third-order valence-electron chi connectivity index (χ3n) is 2.32. The van der Waals surface area contributed by atoms with Gasteiger partial charge in [-0.05, 0) is 13.0 Å². The zero-order chi connectivity index (χ0) is 13.7. The molecule has 0 saturated heterocycles. The van der Waals surface area contributed by atoms with Crippen LogP contribution in [0.4, 0.5) is 8.78 Å². The number of nitrogens with two attached hydrogens (primary N) is 1. The molecule has 0 aromatic heterocycles. The molecule has 0 radical (unpaired) electrons. The summed E-state index contributed by atoms with van der Waals surface area (Å²) in [5.41, 5.74) is 5.21. The first kappa shape index (κ1) is 13.9. The van der Waals surface area contributed by atoms with Crippen molar-refractivity contribution >= 4 is 11.7 Å². The average Bonchev–Trinajstić information content (AvgIpc) is 2.33. The van der Waals surface area contributed by atoms with E-state index in [9.17, 15) is 13.6 Å². The van der Waals surface area contributed by atoms with Crippen molar-refractivity contribution in [3.8, 4) is 0 Å². The van der Waals surface area contributed by atoms with Crippen molar-refractivity contribution < 1.29 is 18.8 Å². The molecule has 1 aromatic rings. The molecule has 1 rings (SSSR count). The maximum atomic E-state index is 13.3. The molecule has 0 heterocycles. The Labute approximate surface area is 102 Å². The maximum absolute atomic E-state index is 13.3. The number of benzene rings is 1. The van der Waals surface area contributed by atoms with Gasteiger partial charge in [0.2, 0.25) is 5.91 Å². The lowest BCUT2D eigenvalue weighted by Gasteiger charge is -2.12. The fourth-order valence-electron chi connectivity index (χ4n) is 1.31. The molecule has 0 aliphatic rings. The van der Waals surface area contributed by atoms with Crippen LogP contribution < -0.4 is 11.1 Å². The first-order chi connectivity index (χ1) is 8.45. The topological polar surface area (TPSA) is 87.7 Å². The van der Waals surface area contributed by atoms with Gasteiger partial charge in [-0.25, -0.2) is 8.78 Å². The van der Waals surface area contributed by atoms with Crippen LogP contribution >= 0.6 is 0 Å². The van der Waals surface area contributed by atoms with Gasteiger partial charge in [-0.1, -0.05) is 17.3 Å². The predicted molar refractivity (Wildman–Crippen MR) is 61.1 cm³/mol. The smallest absolute Gasteiger partial charge is 0.225 e. The number of nitrogens with one attached hydrogen (secondary N) is 1. The Bertz CT molecular complexity index is 477. The van der Waals surface area contributed by atoms with Crippen LogP contribution in [-0.4, -0.2) is 23.0 Å². The van der Waals surface area contributed by atoms with Gasteiger partial charge in [-0.15, -0.1) is 0 Å². The monoisotopic (exact) mass is 257 g/mol. The number of amides is 1. The van der Waals surface area contributed by atoms with Gasteiger partial charge in [0, 0.05) is 5.56 Å². The third-order valence-corrected chi connectivity index (χ3v) is 2.32. The van der Waals surface area contributed by atoms with Crippen molar-refractivity contribution in [2.75, 3.05) is 0 Å². The minimum absolute atomic E-state index is 0.0563. The summed E-state index contributed by atoms with van der Waals surface area (Å²) in [6.07, 6.45) is -0.327. The Hall–Kier alpha value is -2.18. The summed E-state index contributed by atoms with van der Waals surface area (Å²) in [6.45, 7) is 1.49. The third kappa shape index (κ3) is 3.41. The average molecular weight is 257 g/mol. The molecule has 7 heteroatoms. The van der Waals surface area contributed by atoms with Gasteiger partial charge in [0.15, 0.2) is 17.5 Å². The van der Waals surface area contributed by atoms with E-state index in [0.717, 1.165) is 6.07 Å². The van der Waals surface area contributed by atoms with Crippen molar-refractivity contribution in [1.82, 2.24) is 5.32 Å². The number of carbonyl (C=O) groups is 1. The largest absolute Gasteiger partial charge is 0.409 e. The minimum Gasteiger partial charge on any atom is -0.409 e. The fourth-order valence-corrected chi connectivity index (χ4v) is 1.31. The van der Waals surface area contributed by atoms with Crippen LogP contribution in [0.1, 0.15) is 12.5 Å². The van der Waals surface area contributed by atoms with Crippen molar-refractivity contribution in [3.05, 3.63) is 35.4 Å². The number of amidine groups is 1. The van der Waals surface area contributed by atoms with Gasteiger partial charge < -0.3 is 16.3 Å². The molecule has 98 valence electrons. The highest BCUT2D eigenvalue weighted by atomic mass is 19.2. The Kier molecular flexibility index (Phi) is 4.59. The second-order valence-electron chi connectivity index (χ2n) is 3.70. The number of hydrogen-bond donors (Lipinski definition) is 3. The number of oxime groups is 1. The van der Waals surface area contributed by atoms with Crippen molar-refractivity contribution in [2.24, 2.45) is 10.9 Å². The fraction of sp³-hybridized carbons (Fsp3) is 0.273. The summed E-state index contributed by atoms with van der Waals surface area (Å²) in [7, 11) is 0. The molecule has 0 aliphatic heterocycles. The number of nitrogens with zero attached hydrogens (tertiary/aromatic N) is 1. The molecule has 1 unspecified atom stereocenters. The molecule has 4 N–H and O–H groups in total. The molecule has 1 amide bonds. The van der Waals surface area contributed by atoms with Crippen molar-refractivity contribution in [2.45, 2.75) is 19.4 Å². The Morgan fingerprint density at radius 1 is 1.56 bits per heavy atom. The van der Waals surface area contributed by atoms with E-state index < -0.39 is 23.6 Å². The SMILES string of the molecule is CC(NC(=O)Cc1cccc(F)c1F)C(N)=NO. The highest BCUT2D eigenvalue weighted by Crippen LogP contribution is 2.11. The minimum atomic E-state index is -1.05. The van der Waals surface area contributed by atoms with Gasteiger partial charge in [-0.2, -0.15) is 0 Å². The number of halogens is 2. The van der Waals surface area contributed by atoms with E-state index >= 15 is 0 Å². The lowest BCUT2D eigenvalue weighted by molar-refractivity contribution is -0.120. The molecular formula is C11H13F2N3O2. The van der Waals surface area contributed by atoms with Crippen LogP contribution in [0.15, 0.2) is 23.4 Å². The molecule has 5 nitrogen and oxygen atoms in total. The van der Waals surface area contributed by atoms with Crippen LogP contribution in [0.3, 0.4) is 0 Å². The van der Waals surface area contributed by atoms with Crippen molar-refractivity contribution in [1.29, 1.82) is 0 Å². The van der Waals surface area contributed by atoms with E-state index in [1.54, 1.807) is 0 Å². The lowest BCUT2D eigenvalue weighted by Crippen LogP contribution is -2.43. The van der Waals surface area contributed by atoms with Gasteiger partial charge >= 0.3 is 0 Å². The van der Waals surface area contributed by atoms with E-state index in [-0.39, 0.29) is 17.8 Å². The summed E-state index contributed by atoms with van der Waals surface area (Å²) in [5.74, 6) is -2.80. The molecule has 0 fully saturated rings. The maximum Gasteiger partial charge on any atom is 0.225 e. The highest BCUT2D eigenvalue weighted by Gasteiger charge is 2.15. The number of hydrogen-bond acceptors (Lipinski definition) is 3. The van der Waals surface area contributed by atoms with E-state index in [1.807, 2.05) is 0 Å². The van der Waals surface area contributed by atoms with E-state index in [2.05, 4.69) is 10.5 Å². The standard InChI is InChI=1S/C11H13F2N3O2/c1-6(11(14)16-18)15-9(17)5-7-3-2-4-8(12)10(7)13/h2-4,6,18H,5H2,1H3,(H2,14,16)(H,15,17). The van der Waals surface area contributed by atoms with E-state index in [0.29, 0.717) is 0 Å². The summed E-state index contributed by atoms with van der Waals surface area (Å²) in [6, 6.07) is 2.90. The van der Waals surface area contributed by atoms with Crippen LogP contribution in [0, 0.1) is 11.6 Å². The first-order valence-corrected chi connectivity index (χ1v) is 5.15. The zero-order valence-corrected chi connectivity index (χ0v) is 9.65. The van der Waals surface area contributed by atoms with E-state index in [1.165, 1.54) is 19.1 Å². The second-order valence-corrected chi connectivity index (χ2v) is 3.70. The Balaban J connectivity index is 2.68. The van der Waals surface area contributed by atoms with Crippen LogP contribution in [0.25, 0.3) is 0 Å². The second kappa shape index (κ2) is 5.95. The van der Waals surface area contributed by atoms with Gasteiger partial charge in [0.1, 0.15) is 0 Å². The molecule has 0 saturated carbocycles. The lowest BCUT2D eigenvalue weighted by atomic mass is 10.1. The molecule has 0 aliphatic carbocycles. The van der Waals surface area contributed by atoms with Crippen LogP contribution in [-0.2, 0) is 11.2 Å². The molecule has 1 aromatic carbocycles. The van der Waals surface area contributed by atoms with Crippen LogP contribution in [0.5, 0.6) is 0 Å². The first-order valence-electron chi connectivity index (χ1n) is 5.15. The van der Waals surface area contributed by atoms with Gasteiger partial charge in [0.25, 0.3) is 0 Å². The predicted octanol–water partition coefficient (Wildman–Crippen LogP) is 0.758. The number of rotatable bonds is 4. The molecule has 18 heavy (non-hydrogen) atoms. The molecule has 1 atom stereocenters. The summed E-state index contributed by atoms with van der Waals surface area (Å²) < 4.78 is 26.2. The summed E-state index contributed by atoms with van der Waals surface area (Å²) in [4.78, 5) is 11.5. The van der Waals surface area contributed by atoms with Crippen molar-refractivity contribution in [3.63, 3.8) is 0 Å². The number of carbonyl (C=O) groups excluding carboxylic acids is 1. The normalized spacial score (nSPS) is 13.2. The molecular weight excluding hydrogens is 244 g/mol. The molecule has 0 bridgehead atoms. The highest BCUT2D eigenvalue weighted by molar-refractivity contribution is 5.90. The quantitative estimate of drug-likeness (QED) is 0.322. The summed E-state index contributed by atoms with van der Waals surface area (Å²) in [5, 5.41) is 13.5. The van der Waals surface area contributed by atoms with Gasteiger partial charge in [-0.3, -0.25) is 4.79 Å². The van der Waals surface area contributed by atoms with Crippen LogP contribution in [0.2, 0.25) is 0 Å². The Morgan fingerprint density at radius 2 is 2.22 bits per heavy atom. The van der Waals surface area contributed by atoms with Gasteiger partial charge in [0.05, 0.1) is 12.5 Å². The van der Waals surface area contributed by atoms with E-state index in [4.69, 9.17) is 10.9 Å². The Morgan fingerprint density at radius 3 is 2.83 bits per heavy atom. The summed E-state index contributed by atoms with van der Waals surface area (Å²) >= 11 is 0.